The molecule has 0 fully saturated rings. The summed E-state index contributed by atoms with van der Waals surface area (Å²) in [6, 6.07) is 10.3. The first-order chi connectivity index (χ1) is 12.5. The van der Waals surface area contributed by atoms with E-state index < -0.39 is 12.0 Å². The zero-order chi connectivity index (χ0) is 18.3. The molecule has 1 unspecified atom stereocenters. The Morgan fingerprint density at radius 3 is 2.77 bits per heavy atom. The zero-order valence-corrected chi connectivity index (χ0v) is 15.4. The van der Waals surface area contributed by atoms with Gasteiger partial charge in [-0.3, -0.25) is 4.90 Å². The molecule has 0 saturated carbocycles. The van der Waals surface area contributed by atoms with Crippen LogP contribution in [0.2, 0.25) is 10.0 Å². The SMILES string of the molecule is OC(CN1CCc2c([nH]c3cc(F)c(Cl)cc23)C1)Nc1ccc(Cl)cc1. The zero-order valence-electron chi connectivity index (χ0n) is 13.9. The number of nitrogens with zero attached hydrogens (tertiary/aromatic N) is 1. The summed E-state index contributed by atoms with van der Waals surface area (Å²) in [4.78, 5) is 5.44. The smallest absolute Gasteiger partial charge is 0.143 e. The number of β-amino-alcohol motifs (C(OH)–C–C–N with tert-alkyl or cyclic N) is 1. The molecule has 4 nitrogen and oxygen atoms in total. The van der Waals surface area contributed by atoms with E-state index in [-0.39, 0.29) is 5.02 Å². The number of fused-ring (bicyclic) bond motifs is 3. The summed E-state index contributed by atoms with van der Waals surface area (Å²) in [7, 11) is 0. The molecule has 0 bridgehead atoms. The second kappa shape index (κ2) is 7.08. The first-order valence-corrected chi connectivity index (χ1v) is 9.16. The van der Waals surface area contributed by atoms with Gasteiger partial charge in [-0.05, 0) is 48.4 Å². The number of aromatic nitrogens is 1. The molecule has 0 radical (unpaired) electrons. The predicted molar refractivity (Wildman–Crippen MR) is 103 cm³/mol. The van der Waals surface area contributed by atoms with Crippen molar-refractivity contribution in [2.45, 2.75) is 19.2 Å². The van der Waals surface area contributed by atoms with Crippen LogP contribution in [-0.4, -0.2) is 34.3 Å². The maximum atomic E-state index is 13.7. The molecule has 0 spiro atoms. The molecule has 0 amide bonds. The van der Waals surface area contributed by atoms with Gasteiger partial charge < -0.3 is 15.4 Å². The number of rotatable bonds is 4. The fourth-order valence-electron chi connectivity index (χ4n) is 3.48. The highest BCUT2D eigenvalue weighted by Crippen LogP contribution is 2.31. The lowest BCUT2D eigenvalue weighted by molar-refractivity contribution is 0.124. The van der Waals surface area contributed by atoms with Gasteiger partial charge in [0.2, 0.25) is 0 Å². The summed E-state index contributed by atoms with van der Waals surface area (Å²) in [6.07, 6.45) is 0.124. The number of anilines is 1. The largest absolute Gasteiger partial charge is 0.372 e. The van der Waals surface area contributed by atoms with Gasteiger partial charge >= 0.3 is 0 Å². The maximum Gasteiger partial charge on any atom is 0.143 e. The van der Waals surface area contributed by atoms with Crippen molar-refractivity contribution in [3.8, 4) is 0 Å². The van der Waals surface area contributed by atoms with Crippen molar-refractivity contribution < 1.29 is 9.50 Å². The Labute approximate surface area is 160 Å². The van der Waals surface area contributed by atoms with Crippen LogP contribution < -0.4 is 5.32 Å². The lowest BCUT2D eigenvalue weighted by Crippen LogP contribution is -2.39. The number of nitrogens with one attached hydrogen (secondary N) is 2. The van der Waals surface area contributed by atoms with Gasteiger partial charge in [-0.25, -0.2) is 4.39 Å². The van der Waals surface area contributed by atoms with E-state index in [2.05, 4.69) is 15.2 Å². The number of halogens is 3. The average molecular weight is 394 g/mol. The van der Waals surface area contributed by atoms with Crippen molar-refractivity contribution in [3.63, 3.8) is 0 Å². The predicted octanol–water partition coefficient (Wildman–Crippen LogP) is 4.40. The Hall–Kier alpha value is -1.79. The van der Waals surface area contributed by atoms with Crippen LogP contribution in [0.15, 0.2) is 36.4 Å². The van der Waals surface area contributed by atoms with Gasteiger partial charge in [0.1, 0.15) is 12.0 Å². The van der Waals surface area contributed by atoms with Crippen molar-refractivity contribution in [1.82, 2.24) is 9.88 Å². The van der Waals surface area contributed by atoms with Crippen LogP contribution in [0.1, 0.15) is 11.3 Å². The molecule has 26 heavy (non-hydrogen) atoms. The minimum atomic E-state index is -0.700. The van der Waals surface area contributed by atoms with E-state index in [1.165, 1.54) is 11.6 Å². The molecule has 1 aliphatic heterocycles. The third-order valence-electron chi connectivity index (χ3n) is 4.70. The average Bonchev–Trinajstić information content (AvgIpc) is 2.94. The number of hydrogen-bond acceptors (Lipinski definition) is 3. The molecule has 2 aromatic carbocycles. The molecule has 3 aromatic rings. The summed E-state index contributed by atoms with van der Waals surface area (Å²) in [5, 5.41) is 15.2. The standard InChI is InChI=1S/C19H18Cl2FN3O/c20-11-1-3-12(4-2-11)23-19(26)10-25-6-5-13-14-7-15(21)16(22)8-17(14)24-18(13)9-25/h1-4,7-8,19,23-24,26H,5-6,9-10H2. The normalized spacial score (nSPS) is 15.8. The van der Waals surface area contributed by atoms with Crippen LogP contribution >= 0.6 is 23.2 Å². The van der Waals surface area contributed by atoms with Gasteiger partial charge in [-0.2, -0.15) is 0 Å². The molecule has 136 valence electrons. The number of benzene rings is 2. The van der Waals surface area contributed by atoms with Crippen molar-refractivity contribution in [1.29, 1.82) is 0 Å². The Kier molecular flexibility index (Phi) is 4.80. The summed E-state index contributed by atoms with van der Waals surface area (Å²) in [6.45, 7) is 1.96. The van der Waals surface area contributed by atoms with Crippen LogP contribution in [0.4, 0.5) is 10.1 Å². The maximum absolute atomic E-state index is 13.7. The van der Waals surface area contributed by atoms with E-state index in [1.807, 2.05) is 12.1 Å². The highest BCUT2D eigenvalue weighted by Gasteiger charge is 2.23. The molecule has 1 atom stereocenters. The summed E-state index contributed by atoms with van der Waals surface area (Å²) >= 11 is 11.8. The number of aliphatic hydroxyl groups excluding tert-OH is 1. The Balaban J connectivity index is 1.45. The van der Waals surface area contributed by atoms with Crippen LogP contribution in [-0.2, 0) is 13.0 Å². The van der Waals surface area contributed by atoms with Gasteiger partial charge in [-0.15, -0.1) is 0 Å². The summed E-state index contributed by atoms with van der Waals surface area (Å²) in [5.74, 6) is -0.419. The summed E-state index contributed by atoms with van der Waals surface area (Å²) < 4.78 is 13.7. The number of aromatic amines is 1. The lowest BCUT2D eigenvalue weighted by Gasteiger charge is -2.29. The summed E-state index contributed by atoms with van der Waals surface area (Å²) in [5.41, 5.74) is 3.80. The Bertz CT molecular complexity index is 942. The molecule has 3 N–H and O–H groups in total. The minimum absolute atomic E-state index is 0.143. The molecule has 1 aliphatic rings. The highest BCUT2D eigenvalue weighted by atomic mass is 35.5. The molecular weight excluding hydrogens is 376 g/mol. The molecule has 4 rings (SSSR count). The quantitative estimate of drug-likeness (QED) is 0.575. The molecule has 0 saturated heterocycles. The topological polar surface area (TPSA) is 51.3 Å². The van der Waals surface area contributed by atoms with E-state index in [1.54, 1.807) is 18.2 Å². The van der Waals surface area contributed by atoms with E-state index in [9.17, 15) is 9.50 Å². The van der Waals surface area contributed by atoms with Gasteiger partial charge in [0.25, 0.3) is 0 Å². The molecular formula is C19H18Cl2FN3O. The number of aliphatic hydroxyl groups is 1. The van der Waals surface area contributed by atoms with Crippen molar-refractivity contribution in [2.24, 2.45) is 0 Å². The van der Waals surface area contributed by atoms with Crippen LogP contribution in [0.3, 0.4) is 0 Å². The highest BCUT2D eigenvalue weighted by molar-refractivity contribution is 6.31. The second-order valence-corrected chi connectivity index (χ2v) is 7.39. The van der Waals surface area contributed by atoms with Crippen LogP contribution in [0.25, 0.3) is 10.9 Å². The van der Waals surface area contributed by atoms with E-state index >= 15 is 0 Å². The van der Waals surface area contributed by atoms with E-state index in [0.717, 1.165) is 35.2 Å². The Morgan fingerprint density at radius 2 is 2.00 bits per heavy atom. The number of H-pyrrole nitrogens is 1. The van der Waals surface area contributed by atoms with Crippen molar-refractivity contribution in [2.75, 3.05) is 18.4 Å². The molecule has 1 aromatic heterocycles. The fraction of sp³-hybridized carbons (Fsp3) is 0.263. The first-order valence-electron chi connectivity index (χ1n) is 8.40. The van der Waals surface area contributed by atoms with Gasteiger partial charge in [0, 0.05) is 46.9 Å². The van der Waals surface area contributed by atoms with E-state index in [4.69, 9.17) is 23.2 Å². The Morgan fingerprint density at radius 1 is 1.23 bits per heavy atom. The fourth-order valence-corrected chi connectivity index (χ4v) is 3.77. The number of hydrogen-bond donors (Lipinski definition) is 3. The van der Waals surface area contributed by atoms with Gasteiger partial charge in [0.05, 0.1) is 5.02 Å². The minimum Gasteiger partial charge on any atom is -0.372 e. The lowest BCUT2D eigenvalue weighted by atomic mass is 10.0. The monoisotopic (exact) mass is 393 g/mol. The van der Waals surface area contributed by atoms with Crippen molar-refractivity contribution >= 4 is 39.8 Å². The third-order valence-corrected chi connectivity index (χ3v) is 5.25. The van der Waals surface area contributed by atoms with Crippen LogP contribution in [0, 0.1) is 5.82 Å². The second-order valence-electron chi connectivity index (χ2n) is 6.55. The van der Waals surface area contributed by atoms with Gasteiger partial charge in [0.15, 0.2) is 0 Å². The molecule has 0 aliphatic carbocycles. The molecule has 7 heteroatoms. The van der Waals surface area contributed by atoms with E-state index in [0.29, 0.717) is 18.1 Å². The molecule has 2 heterocycles. The third kappa shape index (κ3) is 3.53. The van der Waals surface area contributed by atoms with Crippen LogP contribution in [0.5, 0.6) is 0 Å². The van der Waals surface area contributed by atoms with Gasteiger partial charge in [-0.1, -0.05) is 23.2 Å². The first kappa shape index (κ1) is 17.6. The van der Waals surface area contributed by atoms with Crippen molar-refractivity contribution in [3.05, 3.63) is 63.5 Å².